The van der Waals surface area contributed by atoms with E-state index >= 15 is 0 Å². The lowest BCUT2D eigenvalue weighted by Crippen LogP contribution is -2.49. The quantitative estimate of drug-likeness (QED) is 0.788. The van der Waals surface area contributed by atoms with E-state index in [2.05, 4.69) is 51.4 Å². The van der Waals surface area contributed by atoms with E-state index in [0.717, 1.165) is 11.3 Å². The molecule has 0 spiro atoms. The Kier molecular flexibility index (Phi) is 2.37. The summed E-state index contributed by atoms with van der Waals surface area (Å²) in [7, 11) is 0. The van der Waals surface area contributed by atoms with Gasteiger partial charge in [-0.2, -0.15) is 5.10 Å². The lowest BCUT2D eigenvalue weighted by atomic mass is 9.96. The second-order valence-corrected chi connectivity index (χ2v) is 6.69. The van der Waals surface area contributed by atoms with Crippen LogP contribution in [0.15, 0.2) is 18.5 Å². The minimum atomic E-state index is -0.0688. The van der Waals surface area contributed by atoms with Gasteiger partial charge in [-0.05, 0) is 47.6 Å². The number of hydrogen-bond donors (Lipinski definition) is 0. The molecule has 1 aliphatic rings. The van der Waals surface area contributed by atoms with Crippen molar-refractivity contribution in [2.75, 3.05) is 0 Å². The summed E-state index contributed by atoms with van der Waals surface area (Å²) in [4.78, 5) is 7.08. The largest absolute Gasteiger partial charge is 0.281 e. The van der Waals surface area contributed by atoms with Crippen molar-refractivity contribution >= 4 is 5.65 Å². The van der Waals surface area contributed by atoms with Gasteiger partial charge < -0.3 is 0 Å². The molecule has 1 aliphatic heterocycles. The van der Waals surface area contributed by atoms with Crippen LogP contribution in [-0.2, 0) is 11.1 Å². The van der Waals surface area contributed by atoms with Gasteiger partial charge in [0.1, 0.15) is 0 Å². The topological polar surface area (TPSA) is 33.4 Å². The van der Waals surface area contributed by atoms with E-state index in [1.165, 1.54) is 5.56 Å². The van der Waals surface area contributed by atoms with Gasteiger partial charge in [0.2, 0.25) is 0 Å². The van der Waals surface area contributed by atoms with Gasteiger partial charge in [0.25, 0.3) is 0 Å². The molecule has 3 rings (SSSR count). The predicted molar refractivity (Wildman–Crippen MR) is 76.0 cm³/mol. The summed E-state index contributed by atoms with van der Waals surface area (Å²) in [6.45, 7) is 13.6. The third-order valence-corrected chi connectivity index (χ3v) is 4.31. The molecule has 4 heteroatoms. The molecule has 0 atom stereocenters. The van der Waals surface area contributed by atoms with Crippen LogP contribution in [0, 0.1) is 0 Å². The Morgan fingerprint density at radius 2 is 1.79 bits per heavy atom. The van der Waals surface area contributed by atoms with Crippen LogP contribution in [0.1, 0.15) is 52.8 Å². The first-order valence-corrected chi connectivity index (χ1v) is 6.91. The van der Waals surface area contributed by atoms with Crippen LogP contribution in [0.4, 0.5) is 0 Å². The SMILES string of the molecule is CC(C)N1C(C)(C)c2nn3cccnc3c2C1(C)C. The maximum Gasteiger partial charge on any atom is 0.160 e. The molecule has 0 aliphatic carbocycles. The monoisotopic (exact) mass is 258 g/mol. The molecule has 0 aromatic carbocycles. The molecular formula is C15H22N4. The molecule has 0 saturated heterocycles. The van der Waals surface area contributed by atoms with E-state index in [-0.39, 0.29) is 11.1 Å². The smallest absolute Gasteiger partial charge is 0.160 e. The first-order chi connectivity index (χ1) is 8.78. The average molecular weight is 258 g/mol. The van der Waals surface area contributed by atoms with Crippen molar-refractivity contribution in [3.8, 4) is 0 Å². The van der Waals surface area contributed by atoms with E-state index in [0.29, 0.717) is 6.04 Å². The fourth-order valence-corrected chi connectivity index (χ4v) is 4.10. The van der Waals surface area contributed by atoms with Gasteiger partial charge in [-0.3, -0.25) is 4.90 Å². The van der Waals surface area contributed by atoms with Gasteiger partial charge in [-0.15, -0.1) is 0 Å². The number of rotatable bonds is 1. The Labute approximate surface area is 114 Å². The highest BCUT2D eigenvalue weighted by molar-refractivity contribution is 5.58. The molecule has 0 unspecified atom stereocenters. The summed E-state index contributed by atoms with van der Waals surface area (Å²) in [5.41, 5.74) is 3.29. The predicted octanol–water partition coefficient (Wildman–Crippen LogP) is 2.92. The number of aromatic nitrogens is 3. The van der Waals surface area contributed by atoms with E-state index in [4.69, 9.17) is 5.10 Å². The normalized spacial score (nSPS) is 21.2. The zero-order chi connectivity index (χ0) is 14.0. The summed E-state index contributed by atoms with van der Waals surface area (Å²) in [5.74, 6) is 0. The minimum Gasteiger partial charge on any atom is -0.281 e. The van der Waals surface area contributed by atoms with Gasteiger partial charge in [0.05, 0.1) is 11.2 Å². The molecule has 102 valence electrons. The van der Waals surface area contributed by atoms with E-state index in [1.807, 2.05) is 23.0 Å². The second-order valence-electron chi connectivity index (χ2n) is 6.69. The van der Waals surface area contributed by atoms with E-state index in [9.17, 15) is 0 Å². The van der Waals surface area contributed by atoms with E-state index in [1.54, 1.807) is 0 Å². The first-order valence-electron chi connectivity index (χ1n) is 6.91. The maximum atomic E-state index is 4.79. The van der Waals surface area contributed by atoms with Crippen LogP contribution in [-0.4, -0.2) is 25.5 Å². The van der Waals surface area contributed by atoms with Crippen LogP contribution >= 0.6 is 0 Å². The van der Waals surface area contributed by atoms with Gasteiger partial charge in [-0.25, -0.2) is 9.50 Å². The molecule has 0 amide bonds. The molecule has 0 bridgehead atoms. The van der Waals surface area contributed by atoms with Gasteiger partial charge in [0, 0.05) is 29.5 Å². The molecule has 3 heterocycles. The Morgan fingerprint density at radius 3 is 2.42 bits per heavy atom. The van der Waals surface area contributed by atoms with Crippen LogP contribution in [0.25, 0.3) is 5.65 Å². The van der Waals surface area contributed by atoms with Crippen molar-refractivity contribution < 1.29 is 0 Å². The molecule has 4 nitrogen and oxygen atoms in total. The Bertz CT molecular complexity index is 637. The zero-order valence-electron chi connectivity index (χ0n) is 12.6. The molecule has 0 N–H and O–H groups in total. The molecule has 2 aromatic heterocycles. The van der Waals surface area contributed by atoms with Crippen molar-refractivity contribution in [3.63, 3.8) is 0 Å². The lowest BCUT2D eigenvalue weighted by Gasteiger charge is -2.43. The zero-order valence-corrected chi connectivity index (χ0v) is 12.6. The molecular weight excluding hydrogens is 236 g/mol. The summed E-state index contributed by atoms with van der Waals surface area (Å²) in [6, 6.07) is 2.39. The van der Waals surface area contributed by atoms with Crippen molar-refractivity contribution in [2.45, 2.75) is 58.7 Å². The minimum absolute atomic E-state index is 0.0525. The summed E-state index contributed by atoms with van der Waals surface area (Å²) in [5, 5.41) is 4.79. The molecule has 0 radical (unpaired) electrons. The maximum absolute atomic E-state index is 4.79. The van der Waals surface area contributed by atoms with Crippen molar-refractivity contribution in [1.82, 2.24) is 19.5 Å². The van der Waals surface area contributed by atoms with Crippen molar-refractivity contribution in [2.24, 2.45) is 0 Å². The average Bonchev–Trinajstić information content (AvgIpc) is 2.73. The Morgan fingerprint density at radius 1 is 1.11 bits per heavy atom. The third-order valence-electron chi connectivity index (χ3n) is 4.31. The van der Waals surface area contributed by atoms with E-state index < -0.39 is 0 Å². The third kappa shape index (κ3) is 1.43. The highest BCUT2D eigenvalue weighted by atomic mass is 15.4. The Balaban J connectivity index is 2.36. The highest BCUT2D eigenvalue weighted by Crippen LogP contribution is 2.51. The number of fused-ring (bicyclic) bond motifs is 3. The summed E-state index contributed by atoms with van der Waals surface area (Å²) < 4.78 is 1.91. The van der Waals surface area contributed by atoms with Gasteiger partial charge >= 0.3 is 0 Å². The summed E-state index contributed by atoms with van der Waals surface area (Å²) >= 11 is 0. The highest BCUT2D eigenvalue weighted by Gasteiger charge is 2.53. The Hall–Kier alpha value is -1.42. The lowest BCUT2D eigenvalue weighted by molar-refractivity contribution is 0.00645. The van der Waals surface area contributed by atoms with Crippen molar-refractivity contribution in [1.29, 1.82) is 0 Å². The van der Waals surface area contributed by atoms with Crippen LogP contribution in [0.3, 0.4) is 0 Å². The molecule has 19 heavy (non-hydrogen) atoms. The fourth-order valence-electron chi connectivity index (χ4n) is 4.10. The van der Waals surface area contributed by atoms with Gasteiger partial charge in [-0.1, -0.05) is 0 Å². The first kappa shape index (κ1) is 12.6. The van der Waals surface area contributed by atoms with Crippen LogP contribution in [0.5, 0.6) is 0 Å². The van der Waals surface area contributed by atoms with Crippen molar-refractivity contribution in [3.05, 3.63) is 29.7 Å². The second kappa shape index (κ2) is 3.57. The van der Waals surface area contributed by atoms with Crippen LogP contribution in [0.2, 0.25) is 0 Å². The van der Waals surface area contributed by atoms with Crippen LogP contribution < -0.4 is 0 Å². The fraction of sp³-hybridized carbons (Fsp3) is 0.600. The number of nitrogens with zero attached hydrogens (tertiary/aromatic N) is 4. The van der Waals surface area contributed by atoms with Gasteiger partial charge in [0.15, 0.2) is 5.65 Å². The molecule has 2 aromatic rings. The standard InChI is InChI=1S/C15H22N4/c1-10(2)19-14(3,4)11-12(15(19,5)6)17-18-9-7-8-16-13(11)18/h7-10H,1-6H3. The molecule has 0 saturated carbocycles. The summed E-state index contributed by atoms with van der Waals surface area (Å²) in [6.07, 6.45) is 3.82. The number of hydrogen-bond acceptors (Lipinski definition) is 3. The molecule has 0 fully saturated rings.